The summed E-state index contributed by atoms with van der Waals surface area (Å²) in [6, 6.07) is 6.87. The highest BCUT2D eigenvalue weighted by Gasteiger charge is 2.30. The van der Waals surface area contributed by atoms with Crippen molar-refractivity contribution in [3.63, 3.8) is 0 Å². The van der Waals surface area contributed by atoms with Crippen LogP contribution in [0.5, 0.6) is 5.75 Å². The third-order valence-corrected chi connectivity index (χ3v) is 4.74. The molecule has 0 atom stereocenters. The van der Waals surface area contributed by atoms with Gasteiger partial charge in [0.25, 0.3) is 5.91 Å². The molecule has 1 aromatic carbocycles. The van der Waals surface area contributed by atoms with Crippen LogP contribution in [0.25, 0.3) is 0 Å². The second kappa shape index (κ2) is 10.4. The molecule has 1 heterocycles. The summed E-state index contributed by atoms with van der Waals surface area (Å²) in [5, 5.41) is 17.1. The number of nitrogens with zero attached hydrogens (tertiary/aromatic N) is 1. The van der Waals surface area contributed by atoms with Crippen LogP contribution in [0.15, 0.2) is 42.7 Å². The van der Waals surface area contributed by atoms with Crippen molar-refractivity contribution in [3.8, 4) is 5.75 Å². The number of anilines is 3. The molecule has 1 fully saturated rings. The molecule has 0 aliphatic heterocycles. The highest BCUT2D eigenvalue weighted by atomic mass is 16.6. The van der Waals surface area contributed by atoms with Gasteiger partial charge in [-0.3, -0.25) is 14.4 Å². The lowest BCUT2D eigenvalue weighted by molar-refractivity contribution is -0.117. The first kappa shape index (κ1) is 22.8. The third-order valence-electron chi connectivity index (χ3n) is 4.74. The largest absolute Gasteiger partial charge is 0.494 e. The minimum atomic E-state index is -0.512. The van der Waals surface area contributed by atoms with E-state index in [0.717, 1.165) is 12.8 Å². The van der Waals surface area contributed by atoms with Crippen LogP contribution < -0.4 is 26.2 Å². The Kier molecular flexibility index (Phi) is 7.40. The maximum Gasteiger partial charge on any atom is 0.278 e. The molecule has 32 heavy (non-hydrogen) atoms. The number of pyridine rings is 1. The number of nitrogens with one attached hydrogen (secondary N) is 5. The van der Waals surface area contributed by atoms with Crippen LogP contribution in [0.4, 0.5) is 17.2 Å². The first-order valence-corrected chi connectivity index (χ1v) is 9.99. The first-order valence-electron chi connectivity index (χ1n) is 9.99. The van der Waals surface area contributed by atoms with E-state index in [9.17, 15) is 9.59 Å². The maximum absolute atomic E-state index is 12.5. The number of hydrogen-bond donors (Lipinski definition) is 5. The molecule has 168 valence electrons. The average Bonchev–Trinajstić information content (AvgIpc) is 3.63. The fourth-order valence-corrected chi connectivity index (χ4v) is 3.00. The second-order valence-corrected chi connectivity index (χ2v) is 7.06. The number of rotatable bonds is 10. The lowest BCUT2D eigenvalue weighted by Crippen LogP contribution is -2.23. The van der Waals surface area contributed by atoms with Gasteiger partial charge in [-0.25, -0.2) is 10.5 Å². The molecule has 1 saturated carbocycles. The van der Waals surface area contributed by atoms with Crippen LogP contribution in [0, 0.1) is 11.3 Å². The van der Waals surface area contributed by atoms with Crippen molar-refractivity contribution in [2.75, 3.05) is 31.9 Å². The second-order valence-electron chi connectivity index (χ2n) is 7.06. The van der Waals surface area contributed by atoms with Crippen molar-refractivity contribution < 1.29 is 19.2 Å². The number of aromatic nitrogens is 1. The van der Waals surface area contributed by atoms with Gasteiger partial charge in [0.2, 0.25) is 5.91 Å². The molecule has 10 nitrogen and oxygen atoms in total. The molecule has 0 bridgehead atoms. The van der Waals surface area contributed by atoms with E-state index in [1.54, 1.807) is 43.6 Å². The van der Waals surface area contributed by atoms with E-state index in [2.05, 4.69) is 26.4 Å². The van der Waals surface area contributed by atoms with E-state index >= 15 is 0 Å². The van der Waals surface area contributed by atoms with E-state index in [1.165, 1.54) is 20.4 Å². The number of para-hydroxylation sites is 1. The summed E-state index contributed by atoms with van der Waals surface area (Å²) in [7, 11) is 4.58. The number of amides is 2. The summed E-state index contributed by atoms with van der Waals surface area (Å²) >= 11 is 0. The number of ether oxygens (including phenoxy) is 1. The topological polar surface area (TPSA) is 137 Å². The Labute approximate surface area is 185 Å². The van der Waals surface area contributed by atoms with E-state index in [4.69, 9.17) is 15.0 Å². The number of methoxy groups -OCH3 is 1. The minimum Gasteiger partial charge on any atom is -0.494 e. The number of hydroxylamine groups is 1. The van der Waals surface area contributed by atoms with Crippen LogP contribution in [0.1, 0.15) is 28.8 Å². The third kappa shape index (κ3) is 5.41. The summed E-state index contributed by atoms with van der Waals surface area (Å²) in [5.41, 5.74) is 4.19. The lowest BCUT2D eigenvalue weighted by Gasteiger charge is -2.17. The van der Waals surface area contributed by atoms with Gasteiger partial charge in [0.1, 0.15) is 5.82 Å². The smallest absolute Gasteiger partial charge is 0.278 e. The Morgan fingerprint density at radius 1 is 1.19 bits per heavy atom. The van der Waals surface area contributed by atoms with Crippen molar-refractivity contribution in [2.24, 2.45) is 5.92 Å². The first-order chi connectivity index (χ1) is 15.5. The zero-order valence-corrected chi connectivity index (χ0v) is 18.1. The van der Waals surface area contributed by atoms with Crippen molar-refractivity contribution >= 4 is 34.7 Å². The molecule has 0 radical (unpaired) electrons. The van der Waals surface area contributed by atoms with Gasteiger partial charge in [-0.15, -0.1) is 0 Å². The van der Waals surface area contributed by atoms with Crippen LogP contribution in [0.3, 0.4) is 0 Å². The molecule has 10 heteroatoms. The molecule has 0 spiro atoms. The van der Waals surface area contributed by atoms with Gasteiger partial charge >= 0.3 is 0 Å². The molecule has 0 saturated heterocycles. The quantitative estimate of drug-likeness (QED) is 0.284. The number of carbonyl (C=O) groups is 2. The predicted octanol–water partition coefficient (Wildman–Crippen LogP) is 2.57. The van der Waals surface area contributed by atoms with E-state index in [0.29, 0.717) is 28.5 Å². The molecular formula is C22H26N6O4. The summed E-state index contributed by atoms with van der Waals surface area (Å²) < 4.78 is 5.56. The Hall–Kier alpha value is -3.92. The van der Waals surface area contributed by atoms with Gasteiger partial charge in [-0.1, -0.05) is 6.07 Å². The zero-order chi connectivity index (χ0) is 23.1. The van der Waals surface area contributed by atoms with Crippen molar-refractivity contribution in [3.05, 3.63) is 53.9 Å². The highest BCUT2D eigenvalue weighted by Crippen LogP contribution is 2.34. The molecule has 5 N–H and O–H groups in total. The van der Waals surface area contributed by atoms with Crippen molar-refractivity contribution in [2.45, 2.75) is 12.8 Å². The van der Waals surface area contributed by atoms with Gasteiger partial charge in [0, 0.05) is 30.8 Å². The van der Waals surface area contributed by atoms with Gasteiger partial charge in [-0.2, -0.15) is 0 Å². The summed E-state index contributed by atoms with van der Waals surface area (Å²) in [4.78, 5) is 33.5. The number of carbonyl (C=O) groups excluding carboxylic acids is 2. The number of hydrogen-bond acceptors (Lipinski definition) is 8. The molecule has 1 aromatic heterocycles. The molecule has 2 aromatic rings. The normalized spacial score (nSPS) is 12.8. The molecular weight excluding hydrogens is 412 g/mol. The Bertz CT molecular complexity index is 1050. The molecule has 0 unspecified atom stereocenters. The van der Waals surface area contributed by atoms with Gasteiger partial charge < -0.3 is 26.1 Å². The van der Waals surface area contributed by atoms with Gasteiger partial charge in [0.15, 0.2) is 5.75 Å². The Morgan fingerprint density at radius 2 is 1.97 bits per heavy atom. The van der Waals surface area contributed by atoms with E-state index < -0.39 is 5.91 Å². The fourth-order valence-electron chi connectivity index (χ4n) is 3.00. The van der Waals surface area contributed by atoms with Crippen molar-refractivity contribution in [1.29, 1.82) is 5.41 Å². The van der Waals surface area contributed by atoms with Crippen LogP contribution in [-0.2, 0) is 9.63 Å². The van der Waals surface area contributed by atoms with E-state index in [-0.39, 0.29) is 23.1 Å². The standard InChI is InChI=1S/C22H26N6O4/c1-24-10-9-16(23)14-5-4-6-17(20(14)31-2)26-18-11-19(27-21(29)13-7-8-13)25-12-15(18)22(30)28-32-3/h4-6,9-13,23-24H,7-8H2,1-3H3,(H,28,30)(H2,25,26,27,29)/b10-9-,23-16?. The number of allylic oxidation sites excluding steroid dienone is 1. The SMILES string of the molecule is CN/C=C\C(=N)c1cccc(Nc2cc(NC(=O)C3CC3)ncc2C(=O)NOC)c1OC. The molecule has 1 aliphatic rings. The minimum absolute atomic E-state index is 0.0122. The lowest BCUT2D eigenvalue weighted by atomic mass is 10.1. The zero-order valence-electron chi connectivity index (χ0n) is 18.1. The van der Waals surface area contributed by atoms with Crippen LogP contribution in [-0.4, -0.2) is 43.8 Å². The molecule has 2 amide bonds. The monoisotopic (exact) mass is 438 g/mol. The predicted molar refractivity (Wildman–Crippen MR) is 121 cm³/mol. The number of benzene rings is 1. The molecule has 1 aliphatic carbocycles. The average molecular weight is 438 g/mol. The van der Waals surface area contributed by atoms with Crippen LogP contribution >= 0.6 is 0 Å². The van der Waals surface area contributed by atoms with Crippen molar-refractivity contribution in [1.82, 2.24) is 15.8 Å². The van der Waals surface area contributed by atoms with E-state index in [1.807, 2.05) is 0 Å². The van der Waals surface area contributed by atoms with Crippen LogP contribution in [0.2, 0.25) is 0 Å². The Morgan fingerprint density at radius 3 is 2.62 bits per heavy atom. The summed E-state index contributed by atoms with van der Waals surface area (Å²) in [6.07, 6.45) is 6.34. The highest BCUT2D eigenvalue weighted by molar-refractivity contribution is 6.10. The maximum atomic E-state index is 12.5. The molecule has 3 rings (SSSR count). The Balaban J connectivity index is 1.98. The summed E-state index contributed by atoms with van der Waals surface area (Å²) in [5.74, 6) is 0.150. The van der Waals surface area contributed by atoms with Gasteiger partial charge in [0.05, 0.1) is 36.9 Å². The summed E-state index contributed by atoms with van der Waals surface area (Å²) in [6.45, 7) is 0. The van der Waals surface area contributed by atoms with Gasteiger partial charge in [-0.05, 0) is 37.3 Å². The fraction of sp³-hybridized carbons (Fsp3) is 0.273.